The third-order valence-corrected chi connectivity index (χ3v) is 4.79. The summed E-state index contributed by atoms with van der Waals surface area (Å²) >= 11 is 0. The highest BCUT2D eigenvalue weighted by Gasteiger charge is 2.51. The number of rotatable bonds is 1. The summed E-state index contributed by atoms with van der Waals surface area (Å²) in [5.74, 6) is -1.59. The van der Waals surface area contributed by atoms with Crippen molar-refractivity contribution in [3.63, 3.8) is 0 Å². The molecule has 3 aromatic rings. The van der Waals surface area contributed by atoms with Crippen LogP contribution in [0.1, 0.15) is 18.5 Å². The molecule has 4 nitrogen and oxygen atoms in total. The maximum absolute atomic E-state index is 14.2. The van der Waals surface area contributed by atoms with Gasteiger partial charge in [0.2, 0.25) is 0 Å². The van der Waals surface area contributed by atoms with Crippen LogP contribution in [0.5, 0.6) is 0 Å². The van der Waals surface area contributed by atoms with Crippen LogP contribution < -0.4 is 10.9 Å². The minimum atomic E-state index is -1.23. The standard InChI is InChI=1S/C13H11F2N3O.C6H4F2/c14-6-3-7-11-8(4-6)16-10(13(15)1-2-13)5-9(11)17-18-12(7)19;7-5-2-1-3-6(8)4-5/h3-4,10,16H,1-2,5H2,(H,18,19);1-4H. The van der Waals surface area contributed by atoms with Crippen LogP contribution in [0.4, 0.5) is 23.2 Å². The summed E-state index contributed by atoms with van der Waals surface area (Å²) < 4.78 is 51.6. The molecule has 2 N–H and O–H groups in total. The molecule has 0 bridgehead atoms. The normalized spacial score (nSPS) is 19.0. The lowest BCUT2D eigenvalue weighted by Gasteiger charge is -2.28. The number of alkyl halides is 1. The Morgan fingerprint density at radius 2 is 1.74 bits per heavy atom. The molecule has 27 heavy (non-hydrogen) atoms. The molecule has 140 valence electrons. The number of halogens is 4. The van der Waals surface area contributed by atoms with Gasteiger partial charge in [0, 0.05) is 23.6 Å². The van der Waals surface area contributed by atoms with Crippen molar-refractivity contribution in [3.05, 3.63) is 69.9 Å². The average molecular weight is 377 g/mol. The van der Waals surface area contributed by atoms with Crippen molar-refractivity contribution < 1.29 is 17.6 Å². The van der Waals surface area contributed by atoms with Crippen LogP contribution in [-0.4, -0.2) is 21.9 Å². The predicted molar refractivity (Wildman–Crippen MR) is 92.9 cm³/mol. The molecule has 1 fully saturated rings. The van der Waals surface area contributed by atoms with Gasteiger partial charge >= 0.3 is 0 Å². The average Bonchev–Trinajstić information content (AvgIpc) is 3.37. The first-order valence-electron chi connectivity index (χ1n) is 8.43. The smallest absolute Gasteiger partial charge is 0.272 e. The Morgan fingerprint density at radius 1 is 1.04 bits per heavy atom. The summed E-state index contributed by atoms with van der Waals surface area (Å²) in [6.07, 6.45) is 1.44. The molecule has 0 spiro atoms. The van der Waals surface area contributed by atoms with Crippen molar-refractivity contribution >= 4 is 16.5 Å². The molecule has 2 heterocycles. The summed E-state index contributed by atoms with van der Waals surface area (Å²) in [6.45, 7) is 0. The van der Waals surface area contributed by atoms with E-state index in [2.05, 4.69) is 15.5 Å². The molecule has 0 saturated heterocycles. The fourth-order valence-corrected chi connectivity index (χ4v) is 3.26. The molecule has 2 aromatic carbocycles. The van der Waals surface area contributed by atoms with Crippen molar-refractivity contribution in [2.24, 2.45) is 0 Å². The van der Waals surface area contributed by atoms with E-state index in [1.807, 2.05) is 0 Å². The lowest BCUT2D eigenvalue weighted by molar-refractivity contribution is 0.265. The van der Waals surface area contributed by atoms with Gasteiger partial charge in [-0.25, -0.2) is 22.7 Å². The highest BCUT2D eigenvalue weighted by Crippen LogP contribution is 2.47. The van der Waals surface area contributed by atoms with Crippen LogP contribution in [0.15, 0.2) is 41.2 Å². The fraction of sp³-hybridized carbons (Fsp3) is 0.263. The molecule has 1 unspecified atom stereocenters. The van der Waals surface area contributed by atoms with Crippen LogP contribution in [0.2, 0.25) is 0 Å². The van der Waals surface area contributed by atoms with E-state index in [9.17, 15) is 22.4 Å². The van der Waals surface area contributed by atoms with Crippen LogP contribution in [0, 0.1) is 17.5 Å². The second-order valence-electron chi connectivity index (χ2n) is 6.75. The monoisotopic (exact) mass is 377 g/mol. The Morgan fingerprint density at radius 3 is 2.33 bits per heavy atom. The largest absolute Gasteiger partial charge is 0.378 e. The zero-order valence-electron chi connectivity index (χ0n) is 14.0. The minimum absolute atomic E-state index is 0.259. The lowest BCUT2D eigenvalue weighted by atomic mass is 9.95. The molecule has 0 amide bonds. The maximum atomic E-state index is 14.2. The van der Waals surface area contributed by atoms with Gasteiger partial charge in [-0.2, -0.15) is 5.10 Å². The molecule has 1 saturated carbocycles. The number of hydrogen-bond acceptors (Lipinski definition) is 3. The van der Waals surface area contributed by atoms with Crippen LogP contribution in [0.25, 0.3) is 10.8 Å². The van der Waals surface area contributed by atoms with Gasteiger partial charge in [0.25, 0.3) is 5.56 Å². The van der Waals surface area contributed by atoms with Gasteiger partial charge in [0.05, 0.1) is 17.1 Å². The number of aromatic nitrogens is 2. The highest BCUT2D eigenvalue weighted by atomic mass is 19.1. The molecule has 1 aromatic heterocycles. The van der Waals surface area contributed by atoms with Gasteiger partial charge in [-0.05, 0) is 37.1 Å². The molecule has 0 radical (unpaired) electrons. The number of aromatic amines is 1. The number of hydrogen-bond donors (Lipinski definition) is 2. The Balaban J connectivity index is 0.000000190. The molecular formula is C19H15F4N3O. The number of H-pyrrole nitrogens is 1. The van der Waals surface area contributed by atoms with Gasteiger partial charge in [-0.15, -0.1) is 0 Å². The molecule has 2 aliphatic rings. The Bertz CT molecular complexity index is 1060. The number of nitrogens with zero attached hydrogens (tertiary/aromatic N) is 1. The molecule has 1 atom stereocenters. The quantitative estimate of drug-likeness (QED) is 0.633. The first-order chi connectivity index (χ1) is 12.9. The minimum Gasteiger partial charge on any atom is -0.378 e. The van der Waals surface area contributed by atoms with E-state index in [1.165, 1.54) is 30.3 Å². The van der Waals surface area contributed by atoms with Crippen molar-refractivity contribution in [2.75, 3.05) is 5.32 Å². The molecule has 1 aliphatic carbocycles. The molecule has 8 heteroatoms. The maximum Gasteiger partial charge on any atom is 0.272 e. The number of anilines is 1. The van der Waals surface area contributed by atoms with Gasteiger partial charge in [0.15, 0.2) is 0 Å². The summed E-state index contributed by atoms with van der Waals surface area (Å²) in [7, 11) is 0. The summed E-state index contributed by atoms with van der Waals surface area (Å²) in [5, 5.41) is 10.2. The van der Waals surface area contributed by atoms with Gasteiger partial charge in [-0.1, -0.05) is 6.07 Å². The summed E-state index contributed by atoms with van der Waals surface area (Å²) in [6, 6.07) is 6.64. The van der Waals surface area contributed by atoms with Crippen molar-refractivity contribution in [2.45, 2.75) is 31.0 Å². The summed E-state index contributed by atoms with van der Waals surface area (Å²) in [5.41, 5.74) is -0.573. The van der Waals surface area contributed by atoms with Crippen molar-refractivity contribution in [3.8, 4) is 0 Å². The van der Waals surface area contributed by atoms with Crippen LogP contribution in [-0.2, 0) is 6.42 Å². The van der Waals surface area contributed by atoms with Gasteiger partial charge in [0.1, 0.15) is 23.1 Å². The first kappa shape index (κ1) is 17.5. The van der Waals surface area contributed by atoms with E-state index in [1.54, 1.807) is 0 Å². The molecule has 5 rings (SSSR count). The topological polar surface area (TPSA) is 57.8 Å². The molecular weight excluding hydrogens is 362 g/mol. The third kappa shape index (κ3) is 3.39. The van der Waals surface area contributed by atoms with Gasteiger partial charge < -0.3 is 5.32 Å². The molecule has 1 aliphatic heterocycles. The predicted octanol–water partition coefficient (Wildman–Crippen LogP) is 3.87. The van der Waals surface area contributed by atoms with Crippen molar-refractivity contribution in [1.82, 2.24) is 10.2 Å². The number of nitrogens with one attached hydrogen (secondary N) is 2. The van der Waals surface area contributed by atoms with Crippen LogP contribution >= 0.6 is 0 Å². The Labute approximate surface area is 151 Å². The van der Waals surface area contributed by atoms with E-state index in [-0.39, 0.29) is 5.39 Å². The van der Waals surface area contributed by atoms with Gasteiger partial charge in [-0.3, -0.25) is 4.79 Å². The SMILES string of the molecule is Fc1cccc(F)c1.O=c1[nH]nc2c3c(cc(F)cc13)NC(C1(F)CC1)C2. The second-order valence-corrected chi connectivity index (χ2v) is 6.75. The van der Waals surface area contributed by atoms with E-state index in [0.29, 0.717) is 36.0 Å². The zero-order chi connectivity index (χ0) is 19.2. The second kappa shape index (κ2) is 6.37. The van der Waals surface area contributed by atoms with E-state index in [4.69, 9.17) is 0 Å². The third-order valence-electron chi connectivity index (χ3n) is 4.79. The fourth-order valence-electron chi connectivity index (χ4n) is 3.26. The van der Waals surface area contributed by atoms with Crippen LogP contribution in [0.3, 0.4) is 0 Å². The zero-order valence-corrected chi connectivity index (χ0v) is 14.0. The van der Waals surface area contributed by atoms with E-state index >= 15 is 0 Å². The Hall–Kier alpha value is -2.90. The first-order valence-corrected chi connectivity index (χ1v) is 8.43. The highest BCUT2D eigenvalue weighted by molar-refractivity contribution is 5.96. The van der Waals surface area contributed by atoms with E-state index < -0.39 is 34.7 Å². The van der Waals surface area contributed by atoms with Crippen molar-refractivity contribution in [1.29, 1.82) is 0 Å². The lowest BCUT2D eigenvalue weighted by Crippen LogP contribution is -2.38. The number of benzene rings is 2. The Kier molecular flexibility index (Phi) is 4.13. The summed E-state index contributed by atoms with van der Waals surface area (Å²) in [4.78, 5) is 11.7. The van der Waals surface area contributed by atoms with E-state index in [0.717, 1.165) is 6.07 Å².